The van der Waals surface area contributed by atoms with Crippen LogP contribution in [0.15, 0.2) is 66.7 Å². The van der Waals surface area contributed by atoms with Crippen LogP contribution in [-0.2, 0) is 11.2 Å². The first-order valence-electron chi connectivity index (χ1n) is 8.77. The van der Waals surface area contributed by atoms with Crippen molar-refractivity contribution in [2.75, 3.05) is 18.1 Å². The summed E-state index contributed by atoms with van der Waals surface area (Å²) in [5, 5.41) is 2.26. The molecule has 0 fully saturated rings. The molecule has 0 N–H and O–H groups in total. The molecule has 1 unspecified atom stereocenters. The van der Waals surface area contributed by atoms with Gasteiger partial charge in [0, 0.05) is 11.9 Å². The van der Waals surface area contributed by atoms with Gasteiger partial charge in [-0.25, -0.2) is 0 Å². The van der Waals surface area contributed by atoms with Gasteiger partial charge in [-0.2, -0.15) is 0 Å². The summed E-state index contributed by atoms with van der Waals surface area (Å²) in [6.07, 6.45) is 0.732. The van der Waals surface area contributed by atoms with Gasteiger partial charge in [-0.15, -0.1) is 0 Å². The lowest BCUT2D eigenvalue weighted by molar-refractivity contribution is -0.123. The van der Waals surface area contributed by atoms with E-state index in [9.17, 15) is 4.79 Å². The number of hydrogen-bond donors (Lipinski definition) is 0. The largest absolute Gasteiger partial charge is 0.492 e. The van der Waals surface area contributed by atoms with Crippen molar-refractivity contribution in [3.8, 4) is 5.75 Å². The van der Waals surface area contributed by atoms with Gasteiger partial charge in [-0.1, -0.05) is 54.6 Å². The van der Waals surface area contributed by atoms with Crippen LogP contribution in [0, 0.1) is 5.92 Å². The topological polar surface area (TPSA) is 29.5 Å². The van der Waals surface area contributed by atoms with E-state index < -0.39 is 0 Å². The maximum Gasteiger partial charge on any atom is 0.233 e. The molecule has 0 saturated carbocycles. The summed E-state index contributed by atoms with van der Waals surface area (Å²) in [6, 6.07) is 22.3. The zero-order chi connectivity index (χ0) is 17.2. The lowest BCUT2D eigenvalue weighted by Crippen LogP contribution is -2.41. The maximum atomic E-state index is 13.2. The molecule has 25 heavy (non-hydrogen) atoms. The first kappa shape index (κ1) is 15.7. The monoisotopic (exact) mass is 331 g/mol. The quantitative estimate of drug-likeness (QED) is 0.710. The number of hydrogen-bond acceptors (Lipinski definition) is 2. The van der Waals surface area contributed by atoms with E-state index in [-0.39, 0.29) is 11.8 Å². The number of para-hydroxylation sites is 1. The van der Waals surface area contributed by atoms with Gasteiger partial charge in [0.05, 0.1) is 11.6 Å². The highest BCUT2D eigenvalue weighted by Crippen LogP contribution is 2.31. The van der Waals surface area contributed by atoms with E-state index in [0.717, 1.165) is 34.2 Å². The van der Waals surface area contributed by atoms with Crippen molar-refractivity contribution in [2.45, 2.75) is 13.3 Å². The van der Waals surface area contributed by atoms with E-state index in [1.807, 2.05) is 60.4 Å². The number of nitrogens with zero attached hydrogens (tertiary/aromatic N) is 1. The smallest absolute Gasteiger partial charge is 0.233 e. The number of carbonyl (C=O) groups is 1. The van der Waals surface area contributed by atoms with Crippen LogP contribution in [0.2, 0.25) is 0 Å². The SMILES string of the molecule is CCN(C(=O)C1COc2ccccc2C1)c1cccc2ccccc12. The lowest BCUT2D eigenvalue weighted by Gasteiger charge is -2.30. The van der Waals surface area contributed by atoms with E-state index >= 15 is 0 Å². The zero-order valence-electron chi connectivity index (χ0n) is 14.3. The first-order valence-corrected chi connectivity index (χ1v) is 8.77. The first-order chi connectivity index (χ1) is 12.3. The molecule has 126 valence electrons. The minimum atomic E-state index is -0.145. The second kappa shape index (κ2) is 6.60. The highest BCUT2D eigenvalue weighted by Gasteiger charge is 2.30. The van der Waals surface area contributed by atoms with Gasteiger partial charge >= 0.3 is 0 Å². The van der Waals surface area contributed by atoms with Gasteiger partial charge in [0.1, 0.15) is 12.4 Å². The van der Waals surface area contributed by atoms with Crippen molar-refractivity contribution in [3.63, 3.8) is 0 Å². The molecule has 1 atom stereocenters. The van der Waals surface area contributed by atoms with Crippen LogP contribution in [0.25, 0.3) is 10.8 Å². The third-order valence-corrected chi connectivity index (χ3v) is 4.87. The number of rotatable bonds is 3. The molecule has 3 nitrogen and oxygen atoms in total. The molecule has 0 radical (unpaired) electrons. The summed E-state index contributed by atoms with van der Waals surface area (Å²) in [7, 11) is 0. The van der Waals surface area contributed by atoms with Gasteiger partial charge in [-0.3, -0.25) is 4.79 Å². The van der Waals surface area contributed by atoms with Gasteiger partial charge < -0.3 is 9.64 Å². The maximum absolute atomic E-state index is 13.2. The fourth-order valence-corrected chi connectivity index (χ4v) is 3.60. The molecule has 1 amide bonds. The standard InChI is InChI=1S/C22H21NO2/c1-2-23(20-12-7-10-16-8-3-5-11-19(16)20)22(24)18-14-17-9-4-6-13-21(17)25-15-18/h3-13,18H,2,14-15H2,1H3. The number of fused-ring (bicyclic) bond motifs is 2. The third kappa shape index (κ3) is 2.86. The van der Waals surface area contributed by atoms with Crippen LogP contribution in [0.3, 0.4) is 0 Å². The van der Waals surface area contributed by atoms with Gasteiger partial charge in [0.25, 0.3) is 0 Å². The minimum absolute atomic E-state index is 0.133. The van der Waals surface area contributed by atoms with Crippen molar-refractivity contribution >= 4 is 22.4 Å². The van der Waals surface area contributed by atoms with E-state index in [1.54, 1.807) is 0 Å². The van der Waals surface area contributed by atoms with E-state index in [1.165, 1.54) is 0 Å². The number of amides is 1. The van der Waals surface area contributed by atoms with Gasteiger partial charge in [-0.05, 0) is 36.4 Å². The Morgan fingerprint density at radius 2 is 1.80 bits per heavy atom. The van der Waals surface area contributed by atoms with Crippen molar-refractivity contribution in [3.05, 3.63) is 72.3 Å². The average molecular weight is 331 g/mol. The fraction of sp³-hybridized carbons (Fsp3) is 0.227. The summed E-state index contributed by atoms with van der Waals surface area (Å²) in [5.74, 6) is 0.891. The molecule has 0 bridgehead atoms. The summed E-state index contributed by atoms with van der Waals surface area (Å²) >= 11 is 0. The predicted octanol–water partition coefficient (Wildman–Crippen LogP) is 4.44. The molecule has 3 aromatic carbocycles. The number of ether oxygens (including phenoxy) is 1. The molecule has 0 aliphatic carbocycles. The van der Waals surface area contributed by atoms with Crippen LogP contribution < -0.4 is 9.64 Å². The summed E-state index contributed by atoms with van der Waals surface area (Å²) < 4.78 is 5.83. The molecule has 0 aromatic heterocycles. The Morgan fingerprint density at radius 3 is 2.68 bits per heavy atom. The second-order valence-corrected chi connectivity index (χ2v) is 6.40. The molecular weight excluding hydrogens is 310 g/mol. The molecule has 1 aliphatic rings. The Labute approximate surface area is 147 Å². The third-order valence-electron chi connectivity index (χ3n) is 4.87. The molecule has 3 heteroatoms. The van der Waals surface area contributed by atoms with E-state index in [0.29, 0.717) is 13.2 Å². The Bertz CT molecular complexity index is 913. The fourth-order valence-electron chi connectivity index (χ4n) is 3.60. The van der Waals surface area contributed by atoms with Crippen LogP contribution in [0.4, 0.5) is 5.69 Å². The second-order valence-electron chi connectivity index (χ2n) is 6.40. The van der Waals surface area contributed by atoms with Crippen LogP contribution in [0.5, 0.6) is 5.75 Å². The van der Waals surface area contributed by atoms with E-state index in [4.69, 9.17) is 4.74 Å². The van der Waals surface area contributed by atoms with Crippen LogP contribution in [0.1, 0.15) is 12.5 Å². The van der Waals surface area contributed by atoms with Crippen molar-refractivity contribution < 1.29 is 9.53 Å². The highest BCUT2D eigenvalue weighted by molar-refractivity contribution is 6.04. The minimum Gasteiger partial charge on any atom is -0.492 e. The van der Waals surface area contributed by atoms with Crippen molar-refractivity contribution in [2.24, 2.45) is 5.92 Å². The van der Waals surface area contributed by atoms with Gasteiger partial charge in [0.15, 0.2) is 0 Å². The average Bonchev–Trinajstić information content (AvgIpc) is 2.68. The molecular formula is C22H21NO2. The zero-order valence-corrected chi connectivity index (χ0v) is 14.3. The molecule has 0 saturated heterocycles. The number of anilines is 1. The summed E-state index contributed by atoms with van der Waals surface area (Å²) in [6.45, 7) is 3.11. The van der Waals surface area contributed by atoms with Crippen molar-refractivity contribution in [1.29, 1.82) is 0 Å². The summed E-state index contributed by atoms with van der Waals surface area (Å²) in [5.41, 5.74) is 2.09. The Morgan fingerprint density at radius 1 is 1.04 bits per heavy atom. The highest BCUT2D eigenvalue weighted by atomic mass is 16.5. The number of carbonyl (C=O) groups excluding carboxylic acids is 1. The lowest BCUT2D eigenvalue weighted by atomic mass is 9.95. The predicted molar refractivity (Wildman–Crippen MR) is 101 cm³/mol. The molecule has 3 aromatic rings. The molecule has 1 heterocycles. The Kier molecular flexibility index (Phi) is 4.14. The van der Waals surface area contributed by atoms with Crippen LogP contribution in [-0.4, -0.2) is 19.1 Å². The molecule has 4 rings (SSSR count). The Balaban J connectivity index is 1.66. The van der Waals surface area contributed by atoms with Gasteiger partial charge in [0.2, 0.25) is 5.91 Å². The van der Waals surface area contributed by atoms with Crippen molar-refractivity contribution in [1.82, 2.24) is 0 Å². The summed E-state index contributed by atoms with van der Waals surface area (Å²) in [4.78, 5) is 15.1. The van der Waals surface area contributed by atoms with Crippen LogP contribution >= 0.6 is 0 Å². The molecule has 1 aliphatic heterocycles. The van der Waals surface area contributed by atoms with E-state index in [2.05, 4.69) is 18.2 Å². The number of benzene rings is 3. The normalized spacial score (nSPS) is 16.1. The Hall–Kier alpha value is -2.81. The molecule has 0 spiro atoms.